The fraction of sp³-hybridized carbons (Fsp3) is 1.00. The van der Waals surface area contributed by atoms with Gasteiger partial charge in [-0.15, -0.1) is 0 Å². The number of hydrogen-bond donors (Lipinski definition) is 2. The van der Waals surface area contributed by atoms with Crippen LogP contribution in [0.4, 0.5) is 0 Å². The normalized spacial score (nSPS) is 14.9. The molecule has 99 valence electrons. The van der Waals surface area contributed by atoms with Crippen molar-refractivity contribution in [1.29, 1.82) is 0 Å². The molecule has 0 fully saturated rings. The fourth-order valence-corrected chi connectivity index (χ4v) is 0.807. The molecule has 0 aromatic heterocycles. The molecule has 0 aliphatic rings. The van der Waals surface area contributed by atoms with Gasteiger partial charge in [-0.05, 0) is 40.5 Å². The van der Waals surface area contributed by atoms with Crippen LogP contribution in [0, 0.1) is 5.92 Å². The van der Waals surface area contributed by atoms with E-state index >= 15 is 0 Å². The number of aliphatic hydroxyl groups excluding tert-OH is 1. The minimum absolute atomic E-state index is 0.273. The molecule has 6 heteroatoms. The first kappa shape index (κ1) is 17.0. The summed E-state index contributed by atoms with van der Waals surface area (Å²) in [7, 11) is 0.113. The molecule has 17 heavy (non-hydrogen) atoms. The van der Waals surface area contributed by atoms with Gasteiger partial charge in [-0.3, -0.25) is 0 Å². The highest BCUT2D eigenvalue weighted by atomic mass is 16.6. The Balaban J connectivity index is 4.17. The second kappa shape index (κ2) is 6.23. The maximum absolute atomic E-state index is 9.69. The largest absolute Gasteiger partial charge is 0.436 e. The molecule has 0 bridgehead atoms. The van der Waals surface area contributed by atoms with Gasteiger partial charge in [0.2, 0.25) is 0 Å². The Bertz CT molecular complexity index is 230. The van der Waals surface area contributed by atoms with Crippen LogP contribution in [-0.4, -0.2) is 41.8 Å². The van der Waals surface area contributed by atoms with E-state index in [0.717, 1.165) is 0 Å². The van der Waals surface area contributed by atoms with Crippen LogP contribution in [0.2, 0.25) is 0 Å². The zero-order valence-corrected chi connectivity index (χ0v) is 12.0. The molecule has 0 aromatic rings. The summed E-state index contributed by atoms with van der Waals surface area (Å²) in [5, 5.41) is 19.1. The van der Waals surface area contributed by atoms with Crippen LogP contribution < -0.4 is 0 Å². The fourth-order valence-electron chi connectivity index (χ4n) is 0.807. The summed E-state index contributed by atoms with van der Waals surface area (Å²) in [5.74, 6) is 0.273. The third-order valence-electron chi connectivity index (χ3n) is 3.31. The van der Waals surface area contributed by atoms with Crippen LogP contribution in [-0.2, 0) is 9.31 Å². The van der Waals surface area contributed by atoms with Crippen molar-refractivity contribution >= 4 is 14.4 Å². The summed E-state index contributed by atoms with van der Waals surface area (Å²) in [6, 6.07) is 0. The average molecular weight is 243 g/mol. The van der Waals surface area contributed by atoms with E-state index in [-0.39, 0.29) is 5.92 Å². The molecule has 0 amide bonds. The highest BCUT2D eigenvalue weighted by Crippen LogP contribution is 2.21. The second-order valence-corrected chi connectivity index (χ2v) is 5.80. The van der Waals surface area contributed by atoms with Gasteiger partial charge in [0.25, 0.3) is 0 Å². The number of hydrogen-bond acceptors (Lipinski definition) is 4. The van der Waals surface area contributed by atoms with Crippen molar-refractivity contribution < 1.29 is 19.4 Å². The molecule has 0 rings (SSSR count). The van der Waals surface area contributed by atoms with Gasteiger partial charge in [0.05, 0.1) is 11.7 Å². The average Bonchev–Trinajstić information content (AvgIpc) is 2.13. The molecule has 0 aliphatic heterocycles. The van der Waals surface area contributed by atoms with E-state index in [0.29, 0.717) is 0 Å². The van der Waals surface area contributed by atoms with E-state index in [2.05, 4.69) is 0 Å². The minimum atomic E-state index is -1.11. The topological polar surface area (TPSA) is 58.9 Å². The van der Waals surface area contributed by atoms with Crippen LogP contribution in [0.5, 0.6) is 0 Å². The maximum atomic E-state index is 9.69. The molecule has 4 nitrogen and oxygen atoms in total. The third kappa shape index (κ3) is 5.91. The Labute approximate surface area is 106 Å². The van der Waals surface area contributed by atoms with E-state index in [1.54, 1.807) is 20.8 Å². The summed E-state index contributed by atoms with van der Waals surface area (Å²) in [4.78, 5) is 0. The smallest absolute Gasteiger partial charge is 0.436 e. The van der Waals surface area contributed by atoms with E-state index < -0.39 is 24.3 Å². The van der Waals surface area contributed by atoms with Crippen molar-refractivity contribution in [3.8, 4) is 0 Å². The lowest BCUT2D eigenvalue weighted by Gasteiger charge is -2.33. The highest BCUT2D eigenvalue weighted by molar-refractivity contribution is 7.02. The zero-order chi connectivity index (χ0) is 13.9. The van der Waals surface area contributed by atoms with Gasteiger partial charge >= 0.3 is 14.4 Å². The van der Waals surface area contributed by atoms with Crippen LogP contribution in [0.3, 0.4) is 0 Å². The standard InChI is InChI=1S/C11H25B2O4/c1-8(2)10(4,5)17-13(15)12-16-11(6,7)9(3)14/h8-9,14-15H,1-7H3. The van der Waals surface area contributed by atoms with E-state index in [1.165, 1.54) is 7.37 Å². The van der Waals surface area contributed by atoms with Gasteiger partial charge < -0.3 is 19.4 Å². The van der Waals surface area contributed by atoms with E-state index in [9.17, 15) is 10.1 Å². The molecule has 1 atom stereocenters. The van der Waals surface area contributed by atoms with Crippen LogP contribution >= 0.6 is 0 Å². The molecule has 0 saturated heterocycles. The molecular weight excluding hydrogens is 218 g/mol. The first-order valence-electron chi connectivity index (χ1n) is 6.04. The molecule has 2 N–H and O–H groups in total. The van der Waals surface area contributed by atoms with Crippen molar-refractivity contribution in [2.75, 3.05) is 0 Å². The molecule has 0 heterocycles. The van der Waals surface area contributed by atoms with Gasteiger partial charge in [0.1, 0.15) is 0 Å². The summed E-state index contributed by atoms with van der Waals surface area (Å²) in [6.45, 7) is 13.0. The maximum Gasteiger partial charge on any atom is 0.436 e. The Kier molecular flexibility index (Phi) is 6.22. The van der Waals surface area contributed by atoms with Crippen LogP contribution in [0.25, 0.3) is 0 Å². The molecule has 0 saturated carbocycles. The van der Waals surface area contributed by atoms with E-state index in [4.69, 9.17) is 9.31 Å². The highest BCUT2D eigenvalue weighted by Gasteiger charge is 2.33. The quantitative estimate of drug-likeness (QED) is 0.659. The van der Waals surface area contributed by atoms with Crippen LogP contribution in [0.1, 0.15) is 48.5 Å². The van der Waals surface area contributed by atoms with Crippen molar-refractivity contribution in [1.82, 2.24) is 0 Å². The lowest BCUT2D eigenvalue weighted by atomic mass is 9.55. The van der Waals surface area contributed by atoms with Gasteiger partial charge in [-0.2, -0.15) is 0 Å². The predicted octanol–water partition coefficient (Wildman–Crippen LogP) is 1.21. The second-order valence-electron chi connectivity index (χ2n) is 5.80. The lowest BCUT2D eigenvalue weighted by Crippen LogP contribution is -2.46. The van der Waals surface area contributed by atoms with Gasteiger partial charge in [0, 0.05) is 5.60 Å². The van der Waals surface area contributed by atoms with Crippen molar-refractivity contribution in [2.45, 2.75) is 65.8 Å². The Morgan fingerprint density at radius 3 is 1.88 bits per heavy atom. The number of rotatable bonds is 7. The molecular formula is C11H25B2O4. The third-order valence-corrected chi connectivity index (χ3v) is 3.31. The van der Waals surface area contributed by atoms with Crippen molar-refractivity contribution in [2.24, 2.45) is 5.92 Å². The minimum Gasteiger partial charge on any atom is -0.436 e. The van der Waals surface area contributed by atoms with Gasteiger partial charge in [-0.25, -0.2) is 0 Å². The molecule has 0 spiro atoms. The summed E-state index contributed by atoms with van der Waals surface area (Å²) in [5.41, 5.74) is -1.18. The predicted molar refractivity (Wildman–Crippen MR) is 70.6 cm³/mol. The monoisotopic (exact) mass is 243 g/mol. The zero-order valence-electron chi connectivity index (χ0n) is 12.0. The molecule has 0 aromatic carbocycles. The first-order valence-corrected chi connectivity index (χ1v) is 6.04. The molecule has 1 unspecified atom stereocenters. The molecule has 0 aliphatic carbocycles. The van der Waals surface area contributed by atoms with Crippen molar-refractivity contribution in [3.05, 3.63) is 0 Å². The SMILES string of the molecule is CC(C)C(C)(C)OB(O)[B]OC(C)(C)C(C)O. The van der Waals surface area contributed by atoms with E-state index in [1.807, 2.05) is 27.7 Å². The summed E-state index contributed by atoms with van der Waals surface area (Å²) in [6.07, 6.45) is -0.635. The summed E-state index contributed by atoms with van der Waals surface area (Å²) < 4.78 is 10.8. The molecule has 1 radical (unpaired) electrons. The Hall–Kier alpha value is -0.0301. The van der Waals surface area contributed by atoms with Gasteiger partial charge in [0.15, 0.2) is 0 Å². The Morgan fingerprint density at radius 2 is 1.53 bits per heavy atom. The summed E-state index contributed by atoms with van der Waals surface area (Å²) >= 11 is 0. The van der Waals surface area contributed by atoms with Crippen LogP contribution in [0.15, 0.2) is 0 Å². The Morgan fingerprint density at radius 1 is 1.06 bits per heavy atom. The number of aliphatic hydroxyl groups is 1. The van der Waals surface area contributed by atoms with Crippen molar-refractivity contribution in [3.63, 3.8) is 0 Å². The first-order chi connectivity index (χ1) is 7.49. The van der Waals surface area contributed by atoms with Gasteiger partial charge in [-0.1, -0.05) is 13.8 Å². The lowest BCUT2D eigenvalue weighted by molar-refractivity contribution is -0.0171.